The topological polar surface area (TPSA) is 66.5 Å². The summed E-state index contributed by atoms with van der Waals surface area (Å²) in [6, 6.07) is -0.741. The van der Waals surface area contributed by atoms with E-state index in [1.54, 1.807) is 6.08 Å². The van der Waals surface area contributed by atoms with E-state index < -0.39 is 17.9 Å². The molecule has 1 aliphatic rings. The van der Waals surface area contributed by atoms with Gasteiger partial charge in [-0.05, 0) is 12.8 Å². The normalized spacial score (nSPS) is 23.9. The van der Waals surface area contributed by atoms with E-state index in [0.29, 0.717) is 0 Å². The second kappa shape index (κ2) is 4.47. The molecular formula is C11H16N2O3. The molecule has 1 aliphatic heterocycles. The third-order valence-electron chi connectivity index (χ3n) is 2.31. The summed E-state index contributed by atoms with van der Waals surface area (Å²) >= 11 is 0. The van der Waals surface area contributed by atoms with Crippen molar-refractivity contribution in [2.75, 3.05) is 0 Å². The number of allylic oxidation sites excluding steroid dienone is 1. The van der Waals surface area contributed by atoms with Crippen molar-refractivity contribution in [3.8, 4) is 0 Å². The standard InChI is InChI=1S/C11H16N2O3/c1-6(2)5-9-11(16)13(8(4)14)7(3)10(15)12-9/h5-7H,1-4H3,(H,12,15)/b9-5-/t7-/m0/s1. The van der Waals surface area contributed by atoms with E-state index in [9.17, 15) is 14.4 Å². The molecule has 5 heteroatoms. The zero-order chi connectivity index (χ0) is 12.5. The van der Waals surface area contributed by atoms with Crippen molar-refractivity contribution in [2.24, 2.45) is 5.92 Å². The molecule has 0 saturated carbocycles. The zero-order valence-corrected chi connectivity index (χ0v) is 9.90. The number of nitrogens with one attached hydrogen (secondary N) is 1. The van der Waals surface area contributed by atoms with Gasteiger partial charge in [0.1, 0.15) is 11.7 Å². The summed E-state index contributed by atoms with van der Waals surface area (Å²) in [5.41, 5.74) is 0.188. The average molecular weight is 224 g/mol. The molecule has 0 aromatic rings. The molecule has 0 bridgehead atoms. The van der Waals surface area contributed by atoms with E-state index in [-0.39, 0.29) is 17.5 Å². The number of carbonyl (C=O) groups excluding carboxylic acids is 3. The van der Waals surface area contributed by atoms with Crippen LogP contribution in [0.25, 0.3) is 0 Å². The van der Waals surface area contributed by atoms with Crippen LogP contribution in [-0.2, 0) is 14.4 Å². The highest BCUT2D eigenvalue weighted by Crippen LogP contribution is 2.14. The predicted octanol–water partition coefficient (Wildman–Crippen LogP) is 0.420. The fourth-order valence-corrected chi connectivity index (χ4v) is 1.58. The molecule has 88 valence electrons. The Balaban J connectivity index is 3.07. The lowest BCUT2D eigenvalue weighted by molar-refractivity contribution is -0.151. The third kappa shape index (κ3) is 2.29. The predicted molar refractivity (Wildman–Crippen MR) is 58.1 cm³/mol. The fourth-order valence-electron chi connectivity index (χ4n) is 1.58. The summed E-state index contributed by atoms with van der Waals surface area (Å²) in [5, 5.41) is 2.51. The van der Waals surface area contributed by atoms with Gasteiger partial charge in [-0.3, -0.25) is 19.3 Å². The Morgan fingerprint density at radius 2 is 2.00 bits per heavy atom. The minimum absolute atomic E-state index is 0.126. The summed E-state index contributed by atoms with van der Waals surface area (Å²) < 4.78 is 0. The Bertz CT molecular complexity index is 371. The van der Waals surface area contributed by atoms with Crippen LogP contribution in [0.1, 0.15) is 27.7 Å². The summed E-state index contributed by atoms with van der Waals surface area (Å²) in [6.45, 7) is 6.59. The van der Waals surface area contributed by atoms with Crippen molar-refractivity contribution in [1.82, 2.24) is 10.2 Å². The Morgan fingerprint density at radius 1 is 1.44 bits per heavy atom. The maximum Gasteiger partial charge on any atom is 0.277 e. The van der Waals surface area contributed by atoms with Crippen LogP contribution in [0.3, 0.4) is 0 Å². The second-order valence-corrected chi connectivity index (χ2v) is 4.18. The van der Waals surface area contributed by atoms with Gasteiger partial charge in [-0.25, -0.2) is 0 Å². The van der Waals surface area contributed by atoms with Gasteiger partial charge in [0.2, 0.25) is 11.8 Å². The van der Waals surface area contributed by atoms with E-state index >= 15 is 0 Å². The Morgan fingerprint density at radius 3 is 2.44 bits per heavy atom. The molecule has 0 aromatic heterocycles. The largest absolute Gasteiger partial charge is 0.320 e. The monoisotopic (exact) mass is 224 g/mol. The van der Waals surface area contributed by atoms with Gasteiger partial charge in [0.25, 0.3) is 5.91 Å². The van der Waals surface area contributed by atoms with Gasteiger partial charge in [0.15, 0.2) is 0 Å². The van der Waals surface area contributed by atoms with Gasteiger partial charge in [-0.15, -0.1) is 0 Å². The quantitative estimate of drug-likeness (QED) is 0.656. The number of piperazine rings is 1. The van der Waals surface area contributed by atoms with Crippen molar-refractivity contribution < 1.29 is 14.4 Å². The highest BCUT2D eigenvalue weighted by Gasteiger charge is 2.36. The van der Waals surface area contributed by atoms with Gasteiger partial charge in [0.05, 0.1) is 0 Å². The molecule has 1 heterocycles. The van der Waals surface area contributed by atoms with Crippen LogP contribution in [0.5, 0.6) is 0 Å². The molecular weight excluding hydrogens is 208 g/mol. The molecule has 1 rings (SSSR count). The van der Waals surface area contributed by atoms with Crippen LogP contribution >= 0.6 is 0 Å². The Labute approximate surface area is 94.5 Å². The second-order valence-electron chi connectivity index (χ2n) is 4.18. The summed E-state index contributed by atoms with van der Waals surface area (Å²) in [5.74, 6) is -1.06. The fraction of sp³-hybridized carbons (Fsp3) is 0.545. The molecule has 16 heavy (non-hydrogen) atoms. The highest BCUT2D eigenvalue weighted by atomic mass is 16.2. The molecule has 0 aliphatic carbocycles. The lowest BCUT2D eigenvalue weighted by Crippen LogP contribution is -2.57. The van der Waals surface area contributed by atoms with Gasteiger partial charge in [-0.1, -0.05) is 19.9 Å². The van der Waals surface area contributed by atoms with Crippen LogP contribution in [0.15, 0.2) is 11.8 Å². The van der Waals surface area contributed by atoms with Gasteiger partial charge >= 0.3 is 0 Å². The molecule has 1 atom stereocenters. The number of carbonyl (C=O) groups is 3. The maximum atomic E-state index is 11.9. The summed E-state index contributed by atoms with van der Waals surface area (Å²) in [7, 11) is 0. The molecule has 3 amide bonds. The van der Waals surface area contributed by atoms with Crippen molar-refractivity contribution in [3.05, 3.63) is 11.8 Å². The zero-order valence-electron chi connectivity index (χ0n) is 9.90. The Kier molecular flexibility index (Phi) is 3.47. The number of imide groups is 1. The SMILES string of the molecule is CC(=O)N1C(=O)/C(=C/C(C)C)NC(=O)[C@@H]1C. The van der Waals surface area contributed by atoms with E-state index in [1.165, 1.54) is 13.8 Å². The number of hydrogen-bond acceptors (Lipinski definition) is 3. The smallest absolute Gasteiger partial charge is 0.277 e. The maximum absolute atomic E-state index is 11.9. The molecule has 0 radical (unpaired) electrons. The number of amides is 3. The highest BCUT2D eigenvalue weighted by molar-refractivity contribution is 6.11. The van der Waals surface area contributed by atoms with Crippen molar-refractivity contribution >= 4 is 17.7 Å². The molecule has 1 N–H and O–H groups in total. The van der Waals surface area contributed by atoms with Crippen LogP contribution in [-0.4, -0.2) is 28.7 Å². The first-order chi connectivity index (χ1) is 7.34. The Hall–Kier alpha value is -1.65. The molecule has 1 fully saturated rings. The van der Waals surface area contributed by atoms with Crippen LogP contribution in [0.4, 0.5) is 0 Å². The van der Waals surface area contributed by atoms with Crippen molar-refractivity contribution in [1.29, 1.82) is 0 Å². The van der Waals surface area contributed by atoms with Gasteiger partial charge in [0, 0.05) is 6.92 Å². The average Bonchev–Trinajstić information content (AvgIpc) is 2.13. The molecule has 5 nitrogen and oxygen atoms in total. The lowest BCUT2D eigenvalue weighted by Gasteiger charge is -2.31. The minimum Gasteiger partial charge on any atom is -0.320 e. The van der Waals surface area contributed by atoms with Crippen molar-refractivity contribution in [3.63, 3.8) is 0 Å². The van der Waals surface area contributed by atoms with E-state index in [4.69, 9.17) is 0 Å². The lowest BCUT2D eigenvalue weighted by atomic mass is 10.1. The first-order valence-corrected chi connectivity index (χ1v) is 5.21. The molecule has 1 saturated heterocycles. The summed E-state index contributed by atoms with van der Waals surface area (Å²) in [6.07, 6.45) is 1.64. The van der Waals surface area contributed by atoms with E-state index in [2.05, 4.69) is 5.32 Å². The number of hydrogen-bond donors (Lipinski definition) is 1. The van der Waals surface area contributed by atoms with E-state index in [1.807, 2.05) is 13.8 Å². The third-order valence-corrected chi connectivity index (χ3v) is 2.31. The number of rotatable bonds is 1. The first-order valence-electron chi connectivity index (χ1n) is 5.21. The van der Waals surface area contributed by atoms with Crippen LogP contribution < -0.4 is 5.32 Å². The summed E-state index contributed by atoms with van der Waals surface area (Å²) in [4.78, 5) is 35.7. The van der Waals surface area contributed by atoms with Gasteiger partial charge < -0.3 is 5.32 Å². The van der Waals surface area contributed by atoms with Crippen LogP contribution in [0, 0.1) is 5.92 Å². The molecule has 0 unspecified atom stereocenters. The molecule has 0 aromatic carbocycles. The van der Waals surface area contributed by atoms with Crippen molar-refractivity contribution in [2.45, 2.75) is 33.7 Å². The van der Waals surface area contributed by atoms with Gasteiger partial charge in [-0.2, -0.15) is 0 Å². The minimum atomic E-state index is -0.741. The number of nitrogens with zero attached hydrogens (tertiary/aromatic N) is 1. The first kappa shape index (κ1) is 12.4. The van der Waals surface area contributed by atoms with Crippen LogP contribution in [0.2, 0.25) is 0 Å². The molecule has 0 spiro atoms. The van der Waals surface area contributed by atoms with E-state index in [0.717, 1.165) is 4.90 Å².